The van der Waals surface area contributed by atoms with Gasteiger partial charge in [0, 0.05) is 26.7 Å². The van der Waals surface area contributed by atoms with Gasteiger partial charge in [0.2, 0.25) is 10.0 Å². The predicted octanol–water partition coefficient (Wildman–Crippen LogP) is 1.40. The smallest absolute Gasteiger partial charge is 0.341 e. The van der Waals surface area contributed by atoms with Crippen LogP contribution in [0.15, 0.2) is 17.0 Å². The number of aryl methyl sites for hydroxylation is 2. The molecule has 0 aliphatic carbocycles. The molecule has 26 heavy (non-hydrogen) atoms. The van der Waals surface area contributed by atoms with Crippen molar-refractivity contribution in [1.29, 1.82) is 0 Å². The molecule has 0 radical (unpaired) electrons. The third-order valence-electron chi connectivity index (χ3n) is 3.73. The highest BCUT2D eigenvalue weighted by Gasteiger charge is 2.31. The lowest BCUT2D eigenvalue weighted by Crippen LogP contribution is -2.28. The summed E-state index contributed by atoms with van der Waals surface area (Å²) >= 11 is 6.04. The maximum absolute atomic E-state index is 12.9. The Bertz CT molecular complexity index is 970. The average molecular weight is 404 g/mol. The molecule has 0 saturated carbocycles. The highest BCUT2D eigenvalue weighted by atomic mass is 35.5. The first kappa shape index (κ1) is 20.0. The van der Waals surface area contributed by atoms with E-state index >= 15 is 0 Å². The van der Waals surface area contributed by atoms with Crippen LogP contribution in [-0.4, -0.2) is 52.8 Å². The van der Waals surface area contributed by atoms with Crippen molar-refractivity contribution in [2.75, 3.05) is 14.2 Å². The van der Waals surface area contributed by atoms with Crippen molar-refractivity contribution < 1.29 is 28.2 Å². The molecule has 0 fully saturated rings. The number of halogens is 1. The number of rotatable bonds is 5. The van der Waals surface area contributed by atoms with E-state index in [0.29, 0.717) is 0 Å². The van der Waals surface area contributed by atoms with Gasteiger partial charge in [0.1, 0.15) is 27.1 Å². The van der Waals surface area contributed by atoms with Crippen LogP contribution < -0.4 is 0 Å². The first-order chi connectivity index (χ1) is 12.0. The Morgan fingerprint density at radius 2 is 2.00 bits per heavy atom. The lowest BCUT2D eigenvalue weighted by Gasteiger charge is -2.19. The van der Waals surface area contributed by atoms with E-state index in [1.165, 1.54) is 31.8 Å². The monoisotopic (exact) mass is 403 g/mol. The van der Waals surface area contributed by atoms with Crippen LogP contribution in [0.3, 0.4) is 0 Å². The highest BCUT2D eigenvalue weighted by Crippen LogP contribution is 2.31. The summed E-state index contributed by atoms with van der Waals surface area (Å²) in [5.41, 5.74) is 0.0516. The molecule has 2 N–H and O–H groups in total. The summed E-state index contributed by atoms with van der Waals surface area (Å²) in [6.07, 6.45) is 0. The molecule has 1 heterocycles. The maximum Gasteiger partial charge on any atom is 0.341 e. The van der Waals surface area contributed by atoms with Gasteiger partial charge in [-0.2, -0.15) is 9.40 Å². The summed E-state index contributed by atoms with van der Waals surface area (Å²) in [5, 5.41) is 23.5. The van der Waals surface area contributed by atoms with E-state index in [0.717, 1.165) is 17.5 Å². The van der Waals surface area contributed by atoms with Crippen molar-refractivity contribution in [3.63, 3.8) is 0 Å². The van der Waals surface area contributed by atoms with E-state index in [-0.39, 0.29) is 39.2 Å². The van der Waals surface area contributed by atoms with E-state index in [9.17, 15) is 23.4 Å². The minimum Gasteiger partial charge on any atom is -0.508 e. The third kappa shape index (κ3) is 3.48. The Morgan fingerprint density at radius 1 is 1.38 bits per heavy atom. The minimum atomic E-state index is -4.05. The molecule has 1 aromatic heterocycles. The Balaban J connectivity index is 2.50. The van der Waals surface area contributed by atoms with Crippen molar-refractivity contribution in [3.8, 4) is 11.5 Å². The number of benzene rings is 1. The standard InChI is InChI=1S/C15H18ClN3O6S/c1-8-13(14(16)19(3)17-8)26(23,24)18(2)7-9-5-10(20)6-11(21)12(9)15(22)25-4/h5-6,20-21H,7H2,1-4H3. The van der Waals surface area contributed by atoms with E-state index in [1.807, 2.05) is 0 Å². The molecule has 0 amide bonds. The van der Waals surface area contributed by atoms with Crippen LogP contribution in [0.4, 0.5) is 0 Å². The number of aromatic nitrogens is 2. The maximum atomic E-state index is 12.9. The molecule has 0 saturated heterocycles. The van der Waals surface area contributed by atoms with Crippen molar-refractivity contribution in [2.24, 2.45) is 7.05 Å². The van der Waals surface area contributed by atoms with Gasteiger partial charge in [0.15, 0.2) is 0 Å². The molecular weight excluding hydrogens is 386 g/mol. The second-order valence-corrected chi connectivity index (χ2v) is 7.92. The van der Waals surface area contributed by atoms with Crippen LogP contribution in [0.25, 0.3) is 0 Å². The normalized spacial score (nSPS) is 11.8. The Kier molecular flexibility index (Phi) is 5.49. The van der Waals surface area contributed by atoms with E-state index in [2.05, 4.69) is 9.84 Å². The van der Waals surface area contributed by atoms with Crippen LogP contribution in [0.1, 0.15) is 21.6 Å². The fourth-order valence-corrected chi connectivity index (χ4v) is 4.36. The topological polar surface area (TPSA) is 122 Å². The van der Waals surface area contributed by atoms with Gasteiger partial charge < -0.3 is 14.9 Å². The average Bonchev–Trinajstić information content (AvgIpc) is 2.79. The van der Waals surface area contributed by atoms with Gasteiger partial charge in [-0.1, -0.05) is 11.6 Å². The SMILES string of the molecule is COC(=O)c1c(O)cc(O)cc1CN(C)S(=O)(=O)c1c(C)nn(C)c1Cl. The van der Waals surface area contributed by atoms with Crippen molar-refractivity contribution in [1.82, 2.24) is 14.1 Å². The number of hydrogen-bond acceptors (Lipinski definition) is 7. The van der Waals surface area contributed by atoms with Crippen LogP contribution >= 0.6 is 11.6 Å². The molecule has 0 atom stereocenters. The number of esters is 1. The highest BCUT2D eigenvalue weighted by molar-refractivity contribution is 7.89. The molecule has 11 heteroatoms. The predicted molar refractivity (Wildman–Crippen MR) is 92.7 cm³/mol. The van der Waals surface area contributed by atoms with Crippen molar-refractivity contribution >= 4 is 27.6 Å². The lowest BCUT2D eigenvalue weighted by atomic mass is 10.1. The van der Waals surface area contributed by atoms with E-state index < -0.39 is 21.7 Å². The number of ether oxygens (including phenoxy) is 1. The summed E-state index contributed by atoms with van der Waals surface area (Å²) in [4.78, 5) is 11.8. The molecule has 2 aromatic rings. The first-order valence-electron chi connectivity index (χ1n) is 7.29. The molecule has 142 valence electrons. The van der Waals surface area contributed by atoms with Gasteiger partial charge in [-0.15, -0.1) is 0 Å². The number of carbonyl (C=O) groups excluding carboxylic acids is 1. The lowest BCUT2D eigenvalue weighted by molar-refractivity contribution is 0.0595. The number of aromatic hydroxyl groups is 2. The molecule has 0 spiro atoms. The fraction of sp³-hybridized carbons (Fsp3) is 0.333. The quantitative estimate of drug-likeness (QED) is 0.723. The number of phenolic OH excluding ortho intramolecular Hbond substituents is 2. The molecular formula is C15H18ClN3O6S. The van der Waals surface area contributed by atoms with Crippen LogP contribution in [0.2, 0.25) is 5.15 Å². The van der Waals surface area contributed by atoms with Crippen LogP contribution in [-0.2, 0) is 28.4 Å². The zero-order valence-electron chi connectivity index (χ0n) is 14.5. The van der Waals surface area contributed by atoms with Gasteiger partial charge in [-0.25, -0.2) is 13.2 Å². The van der Waals surface area contributed by atoms with Gasteiger partial charge in [-0.3, -0.25) is 4.68 Å². The summed E-state index contributed by atoms with van der Waals surface area (Å²) in [7, 11) is -0.138. The van der Waals surface area contributed by atoms with E-state index in [1.54, 1.807) is 0 Å². The molecule has 0 bridgehead atoms. The largest absolute Gasteiger partial charge is 0.508 e. The Labute approximate surface area is 155 Å². The minimum absolute atomic E-state index is 0.0544. The Morgan fingerprint density at radius 3 is 2.50 bits per heavy atom. The third-order valence-corrected chi connectivity index (χ3v) is 6.23. The van der Waals surface area contributed by atoms with Crippen LogP contribution in [0, 0.1) is 6.92 Å². The van der Waals surface area contributed by atoms with Crippen molar-refractivity contribution in [3.05, 3.63) is 34.1 Å². The van der Waals surface area contributed by atoms with E-state index in [4.69, 9.17) is 11.6 Å². The second-order valence-electron chi connectivity index (χ2n) is 5.58. The van der Waals surface area contributed by atoms with Gasteiger partial charge in [0.05, 0.1) is 12.8 Å². The van der Waals surface area contributed by atoms with Gasteiger partial charge in [-0.05, 0) is 18.6 Å². The molecule has 2 rings (SSSR count). The number of carbonyl (C=O) groups is 1. The molecule has 0 aliphatic heterocycles. The van der Waals surface area contributed by atoms with Gasteiger partial charge >= 0.3 is 5.97 Å². The van der Waals surface area contributed by atoms with Gasteiger partial charge in [0.25, 0.3) is 0 Å². The summed E-state index contributed by atoms with van der Waals surface area (Å²) in [6, 6.07) is 2.14. The van der Waals surface area contributed by atoms with Crippen molar-refractivity contribution in [2.45, 2.75) is 18.4 Å². The molecule has 1 aromatic carbocycles. The Hall–Kier alpha value is -2.30. The van der Waals surface area contributed by atoms with Crippen LogP contribution in [0.5, 0.6) is 11.5 Å². The number of sulfonamides is 1. The number of nitrogens with zero attached hydrogens (tertiary/aromatic N) is 3. The summed E-state index contributed by atoms with van der Waals surface area (Å²) in [6.45, 7) is 1.19. The molecule has 0 aliphatic rings. The summed E-state index contributed by atoms with van der Waals surface area (Å²) in [5.74, 6) is -1.71. The number of hydrogen-bond donors (Lipinski definition) is 2. The molecule has 0 unspecified atom stereocenters. The summed E-state index contributed by atoms with van der Waals surface area (Å²) < 4.78 is 32.5. The first-order valence-corrected chi connectivity index (χ1v) is 9.11. The molecule has 9 nitrogen and oxygen atoms in total. The second kappa shape index (κ2) is 7.14. The zero-order valence-corrected chi connectivity index (χ0v) is 16.1. The number of phenols is 2. The fourth-order valence-electron chi connectivity index (χ4n) is 2.52. The number of methoxy groups -OCH3 is 1. The zero-order chi connectivity index (χ0) is 19.8.